The quantitative estimate of drug-likeness (QED) is 0.508. The van der Waals surface area contributed by atoms with E-state index in [4.69, 9.17) is 14.7 Å². The SMILES string of the molecule is C=CCOC(C)C(=O)OCC(=O)N(CCC#N)c1cc(C)cc(C)c1. The van der Waals surface area contributed by atoms with Gasteiger partial charge in [-0.2, -0.15) is 5.26 Å². The fourth-order valence-corrected chi connectivity index (χ4v) is 2.27. The second-order valence-electron chi connectivity index (χ2n) is 5.67. The van der Waals surface area contributed by atoms with Crippen LogP contribution < -0.4 is 4.90 Å². The minimum Gasteiger partial charge on any atom is -0.454 e. The van der Waals surface area contributed by atoms with Crippen LogP contribution in [-0.4, -0.2) is 37.7 Å². The van der Waals surface area contributed by atoms with Crippen LogP contribution in [0.1, 0.15) is 24.5 Å². The van der Waals surface area contributed by atoms with Gasteiger partial charge in [0.05, 0.1) is 19.1 Å². The lowest BCUT2D eigenvalue weighted by atomic mass is 10.1. The fourth-order valence-electron chi connectivity index (χ4n) is 2.27. The maximum Gasteiger partial charge on any atom is 0.335 e. The zero-order valence-electron chi connectivity index (χ0n) is 14.9. The molecular formula is C19H24N2O4. The molecule has 0 spiro atoms. The van der Waals surface area contributed by atoms with Crippen LogP contribution in [0.15, 0.2) is 30.9 Å². The summed E-state index contributed by atoms with van der Waals surface area (Å²) in [5, 5.41) is 8.83. The number of esters is 1. The lowest BCUT2D eigenvalue weighted by molar-refractivity contribution is -0.157. The van der Waals surface area contributed by atoms with Crippen LogP contribution in [0, 0.1) is 25.2 Å². The molecule has 0 saturated heterocycles. The first kappa shape index (κ1) is 20.4. The zero-order chi connectivity index (χ0) is 18.8. The first-order chi connectivity index (χ1) is 11.9. The largest absolute Gasteiger partial charge is 0.454 e. The molecule has 6 nitrogen and oxygen atoms in total. The Morgan fingerprint density at radius 2 is 1.96 bits per heavy atom. The highest BCUT2D eigenvalue weighted by Crippen LogP contribution is 2.19. The number of anilines is 1. The van der Waals surface area contributed by atoms with E-state index in [9.17, 15) is 9.59 Å². The number of hydrogen-bond acceptors (Lipinski definition) is 5. The molecule has 0 fully saturated rings. The number of nitrogens with zero attached hydrogens (tertiary/aromatic N) is 2. The predicted molar refractivity (Wildman–Crippen MR) is 95.1 cm³/mol. The van der Waals surface area contributed by atoms with E-state index in [0.29, 0.717) is 5.69 Å². The maximum atomic E-state index is 12.5. The van der Waals surface area contributed by atoms with Gasteiger partial charge in [-0.25, -0.2) is 4.79 Å². The molecule has 1 atom stereocenters. The summed E-state index contributed by atoms with van der Waals surface area (Å²) in [5.41, 5.74) is 2.70. The first-order valence-electron chi connectivity index (χ1n) is 8.03. The van der Waals surface area contributed by atoms with E-state index in [-0.39, 0.29) is 25.5 Å². The van der Waals surface area contributed by atoms with E-state index in [1.165, 1.54) is 11.0 Å². The van der Waals surface area contributed by atoms with Crippen molar-refractivity contribution in [3.8, 4) is 6.07 Å². The molecule has 0 heterocycles. The summed E-state index contributed by atoms with van der Waals surface area (Å²) in [6, 6.07) is 7.74. The fraction of sp³-hybridized carbons (Fsp3) is 0.421. The van der Waals surface area contributed by atoms with Gasteiger partial charge in [0, 0.05) is 12.2 Å². The van der Waals surface area contributed by atoms with Gasteiger partial charge in [-0.05, 0) is 44.0 Å². The third-order valence-electron chi connectivity index (χ3n) is 3.40. The Morgan fingerprint density at radius 1 is 1.32 bits per heavy atom. The van der Waals surface area contributed by atoms with Gasteiger partial charge in [0.25, 0.3) is 5.91 Å². The molecule has 0 bridgehead atoms. The standard InChI is InChI=1S/C19H24N2O4/c1-5-9-24-16(4)19(23)25-13-18(22)21(8-6-7-20)17-11-14(2)10-15(3)12-17/h5,10-12,16H,1,6,8-9,13H2,2-4H3. The lowest BCUT2D eigenvalue weighted by Gasteiger charge is -2.23. The first-order valence-corrected chi connectivity index (χ1v) is 8.03. The number of aryl methyl sites for hydroxylation is 2. The summed E-state index contributed by atoms with van der Waals surface area (Å²) >= 11 is 0. The van der Waals surface area contributed by atoms with Crippen LogP contribution in [0.4, 0.5) is 5.69 Å². The Bertz CT molecular complexity index is 644. The number of carbonyl (C=O) groups is 2. The van der Waals surface area contributed by atoms with Gasteiger partial charge in [0.15, 0.2) is 12.7 Å². The van der Waals surface area contributed by atoms with E-state index in [1.54, 1.807) is 6.92 Å². The van der Waals surface area contributed by atoms with E-state index in [2.05, 4.69) is 6.58 Å². The van der Waals surface area contributed by atoms with Crippen LogP contribution in [0.25, 0.3) is 0 Å². The molecule has 1 aromatic rings. The van der Waals surface area contributed by atoms with Crippen LogP contribution >= 0.6 is 0 Å². The molecule has 25 heavy (non-hydrogen) atoms. The summed E-state index contributed by atoms with van der Waals surface area (Å²) < 4.78 is 10.2. The second kappa shape index (κ2) is 10.3. The molecule has 1 rings (SSSR count). The molecule has 1 unspecified atom stereocenters. The van der Waals surface area contributed by atoms with E-state index in [0.717, 1.165) is 11.1 Å². The Hall–Kier alpha value is -2.65. The van der Waals surface area contributed by atoms with Crippen molar-refractivity contribution in [2.45, 2.75) is 33.3 Å². The number of nitriles is 1. The third kappa shape index (κ3) is 6.77. The minimum absolute atomic E-state index is 0.186. The molecule has 0 N–H and O–H groups in total. The van der Waals surface area contributed by atoms with Crippen molar-refractivity contribution in [2.75, 3.05) is 24.7 Å². The third-order valence-corrected chi connectivity index (χ3v) is 3.40. The van der Waals surface area contributed by atoms with Gasteiger partial charge in [-0.15, -0.1) is 6.58 Å². The van der Waals surface area contributed by atoms with E-state index < -0.39 is 18.7 Å². The molecule has 1 amide bonds. The van der Waals surface area contributed by atoms with Crippen LogP contribution in [0.2, 0.25) is 0 Å². The van der Waals surface area contributed by atoms with Gasteiger partial charge in [-0.1, -0.05) is 12.1 Å². The molecule has 134 valence electrons. The highest BCUT2D eigenvalue weighted by atomic mass is 16.6. The maximum absolute atomic E-state index is 12.5. The zero-order valence-corrected chi connectivity index (χ0v) is 14.9. The summed E-state index contributed by atoms with van der Waals surface area (Å²) in [4.78, 5) is 25.8. The number of hydrogen-bond donors (Lipinski definition) is 0. The molecule has 0 aromatic heterocycles. The topological polar surface area (TPSA) is 79.6 Å². The normalized spacial score (nSPS) is 11.3. The molecule has 6 heteroatoms. The van der Waals surface area contributed by atoms with Crippen LogP contribution in [-0.2, 0) is 19.1 Å². The Balaban J connectivity index is 2.79. The van der Waals surface area contributed by atoms with Crippen LogP contribution in [0.5, 0.6) is 0 Å². The van der Waals surface area contributed by atoms with Gasteiger partial charge in [-0.3, -0.25) is 4.79 Å². The van der Waals surface area contributed by atoms with E-state index >= 15 is 0 Å². The van der Waals surface area contributed by atoms with Crippen molar-refractivity contribution in [2.24, 2.45) is 0 Å². The average Bonchev–Trinajstić information content (AvgIpc) is 2.56. The van der Waals surface area contributed by atoms with Gasteiger partial charge >= 0.3 is 5.97 Å². The summed E-state index contributed by atoms with van der Waals surface area (Å²) in [7, 11) is 0. The highest BCUT2D eigenvalue weighted by Gasteiger charge is 2.20. The van der Waals surface area contributed by atoms with Gasteiger partial charge in [0.1, 0.15) is 0 Å². The summed E-state index contributed by atoms with van der Waals surface area (Å²) in [6.07, 6.45) is 0.934. The number of ether oxygens (including phenoxy) is 2. The lowest BCUT2D eigenvalue weighted by Crippen LogP contribution is -2.37. The predicted octanol–water partition coefficient (Wildman–Crippen LogP) is 2.68. The smallest absolute Gasteiger partial charge is 0.335 e. The van der Waals surface area contributed by atoms with Crippen LogP contribution in [0.3, 0.4) is 0 Å². The Labute approximate surface area is 148 Å². The number of rotatable bonds is 9. The molecule has 0 aliphatic rings. The van der Waals surface area contributed by atoms with Crippen molar-refractivity contribution in [3.05, 3.63) is 42.0 Å². The summed E-state index contributed by atoms with van der Waals surface area (Å²) in [5.74, 6) is -1.000. The number of carbonyl (C=O) groups excluding carboxylic acids is 2. The van der Waals surface area contributed by atoms with Crippen molar-refractivity contribution < 1.29 is 19.1 Å². The average molecular weight is 344 g/mol. The van der Waals surface area contributed by atoms with E-state index in [1.807, 2.05) is 38.1 Å². The minimum atomic E-state index is -0.778. The van der Waals surface area contributed by atoms with Crippen molar-refractivity contribution in [1.82, 2.24) is 0 Å². The Morgan fingerprint density at radius 3 is 2.52 bits per heavy atom. The highest BCUT2D eigenvalue weighted by molar-refractivity contribution is 5.95. The van der Waals surface area contributed by atoms with Gasteiger partial charge < -0.3 is 14.4 Å². The van der Waals surface area contributed by atoms with Gasteiger partial charge in [0.2, 0.25) is 0 Å². The van der Waals surface area contributed by atoms with Crippen molar-refractivity contribution in [3.63, 3.8) is 0 Å². The molecule has 0 aliphatic heterocycles. The molecule has 0 radical (unpaired) electrons. The molecule has 0 aliphatic carbocycles. The monoisotopic (exact) mass is 344 g/mol. The summed E-state index contributed by atoms with van der Waals surface area (Å²) in [6.45, 7) is 8.97. The molecular weight excluding hydrogens is 320 g/mol. The molecule has 0 saturated carbocycles. The number of benzene rings is 1. The second-order valence-corrected chi connectivity index (χ2v) is 5.67. The Kier molecular flexibility index (Phi) is 8.37. The number of amides is 1. The van der Waals surface area contributed by atoms with Crippen molar-refractivity contribution in [1.29, 1.82) is 5.26 Å². The van der Waals surface area contributed by atoms with Crippen molar-refractivity contribution >= 4 is 17.6 Å². The molecule has 1 aromatic carbocycles.